The first-order valence-electron chi connectivity index (χ1n) is 5.89. The fourth-order valence-corrected chi connectivity index (χ4v) is 4.04. The molecule has 0 saturated heterocycles. The first kappa shape index (κ1) is 14.2. The Bertz CT molecular complexity index is 279. The number of aromatic nitrogens is 4. The van der Waals surface area contributed by atoms with E-state index in [-0.39, 0.29) is 0 Å². The highest BCUT2D eigenvalue weighted by molar-refractivity contribution is 6.60. The molecule has 7 nitrogen and oxygen atoms in total. The Balaban J connectivity index is 2.59. The van der Waals surface area contributed by atoms with E-state index < -0.39 is 8.80 Å². The third-order valence-corrected chi connectivity index (χ3v) is 5.15. The molecule has 0 radical (unpaired) electrons. The molecule has 0 bridgehead atoms. The normalized spacial score (nSPS) is 11.9. The van der Waals surface area contributed by atoms with Crippen molar-refractivity contribution in [3.63, 3.8) is 0 Å². The average molecular weight is 260 g/mol. The summed E-state index contributed by atoms with van der Waals surface area (Å²) in [5.41, 5.74) is 0. The average Bonchev–Trinajstić information content (AvgIpc) is 2.80. The van der Waals surface area contributed by atoms with Gasteiger partial charge >= 0.3 is 8.80 Å². The lowest BCUT2D eigenvalue weighted by Gasteiger charge is -2.28. The van der Waals surface area contributed by atoms with Gasteiger partial charge in [0.25, 0.3) is 0 Å². The molecule has 1 heterocycles. The molecule has 0 unspecified atom stereocenters. The molecule has 0 saturated carbocycles. The van der Waals surface area contributed by atoms with Crippen LogP contribution in [0.15, 0.2) is 6.33 Å². The predicted molar refractivity (Wildman–Crippen MR) is 63.3 cm³/mol. The van der Waals surface area contributed by atoms with Crippen LogP contribution in [0.4, 0.5) is 0 Å². The monoisotopic (exact) mass is 260 g/mol. The molecule has 8 heteroatoms. The molecule has 0 N–H and O–H groups in total. The lowest BCUT2D eigenvalue weighted by molar-refractivity contribution is 0.0699. The van der Waals surface area contributed by atoms with E-state index in [2.05, 4.69) is 15.5 Å². The zero-order valence-corrected chi connectivity index (χ0v) is 11.6. The molecule has 0 spiro atoms. The predicted octanol–water partition coefficient (Wildman–Crippen LogP) is 0.721. The van der Waals surface area contributed by atoms with Crippen molar-refractivity contribution in [3.05, 3.63) is 6.33 Å². The molecule has 0 aliphatic heterocycles. The minimum absolute atomic E-state index is 0.585. The van der Waals surface area contributed by atoms with E-state index in [4.69, 9.17) is 13.3 Å². The molecule has 0 atom stereocenters. The lowest BCUT2D eigenvalue weighted by Crippen LogP contribution is -2.46. The highest BCUT2D eigenvalue weighted by Gasteiger charge is 2.40. The largest absolute Gasteiger partial charge is 0.502 e. The van der Waals surface area contributed by atoms with Crippen molar-refractivity contribution in [2.45, 2.75) is 33.4 Å². The number of rotatable bonds is 9. The smallest absolute Gasteiger partial charge is 0.374 e. The van der Waals surface area contributed by atoms with E-state index in [1.807, 2.05) is 20.8 Å². The molecule has 0 amide bonds. The summed E-state index contributed by atoms with van der Waals surface area (Å²) in [4.78, 5) is 0. The summed E-state index contributed by atoms with van der Waals surface area (Å²) in [5, 5.41) is 11.0. The van der Waals surface area contributed by atoms with E-state index in [0.717, 1.165) is 0 Å². The summed E-state index contributed by atoms with van der Waals surface area (Å²) in [7, 11) is -2.57. The molecule has 98 valence electrons. The summed E-state index contributed by atoms with van der Waals surface area (Å²) in [6, 6.07) is 0.674. The van der Waals surface area contributed by atoms with Crippen LogP contribution in [0.2, 0.25) is 6.04 Å². The Kier molecular flexibility index (Phi) is 6.26. The van der Waals surface area contributed by atoms with Crippen molar-refractivity contribution in [2.75, 3.05) is 19.8 Å². The van der Waals surface area contributed by atoms with Crippen LogP contribution in [-0.2, 0) is 19.8 Å². The molecular formula is C9H20N4O3Si. The molecule has 0 fully saturated rings. The Morgan fingerprint density at radius 1 is 1.06 bits per heavy atom. The lowest BCUT2D eigenvalue weighted by atomic mass is 10.8. The van der Waals surface area contributed by atoms with Crippen LogP contribution in [0.5, 0.6) is 0 Å². The SMILES string of the molecule is CCO[Si](CCn1cnnn1)(OCC)OCC. The van der Waals surface area contributed by atoms with Crippen molar-refractivity contribution in [1.82, 2.24) is 20.2 Å². The van der Waals surface area contributed by atoms with Crippen LogP contribution >= 0.6 is 0 Å². The molecule has 1 aromatic rings. The molecule has 17 heavy (non-hydrogen) atoms. The molecule has 0 aliphatic rings. The second kappa shape index (κ2) is 7.48. The number of tetrazole rings is 1. The molecule has 0 aliphatic carbocycles. The van der Waals surface area contributed by atoms with Gasteiger partial charge in [0.2, 0.25) is 0 Å². The zero-order chi connectivity index (χ0) is 12.6. The first-order chi connectivity index (χ1) is 8.26. The fraction of sp³-hybridized carbons (Fsp3) is 0.889. The van der Waals surface area contributed by atoms with Gasteiger partial charge in [0.1, 0.15) is 6.33 Å². The molecule has 1 aromatic heterocycles. The van der Waals surface area contributed by atoms with Gasteiger partial charge in [-0.25, -0.2) is 4.68 Å². The number of nitrogens with zero attached hydrogens (tertiary/aromatic N) is 4. The van der Waals surface area contributed by atoms with Crippen LogP contribution in [0.3, 0.4) is 0 Å². The van der Waals surface area contributed by atoms with Gasteiger partial charge in [-0.15, -0.1) is 5.10 Å². The van der Waals surface area contributed by atoms with E-state index >= 15 is 0 Å². The second-order valence-corrected chi connectivity index (χ2v) is 6.04. The summed E-state index contributed by atoms with van der Waals surface area (Å²) in [6.45, 7) is 8.22. The van der Waals surface area contributed by atoms with Gasteiger partial charge in [0.05, 0.1) is 0 Å². The summed E-state index contributed by atoms with van der Waals surface area (Å²) >= 11 is 0. The summed E-state index contributed by atoms with van der Waals surface area (Å²) < 4.78 is 18.8. The van der Waals surface area contributed by atoms with Gasteiger partial charge in [-0.05, 0) is 31.2 Å². The third-order valence-electron chi connectivity index (χ3n) is 2.13. The van der Waals surface area contributed by atoms with Gasteiger partial charge in [-0.3, -0.25) is 0 Å². The van der Waals surface area contributed by atoms with E-state index in [1.54, 1.807) is 11.0 Å². The van der Waals surface area contributed by atoms with Crippen LogP contribution in [0.1, 0.15) is 20.8 Å². The first-order valence-corrected chi connectivity index (χ1v) is 7.82. The quantitative estimate of drug-likeness (QED) is 0.609. The summed E-state index contributed by atoms with van der Waals surface area (Å²) in [5.74, 6) is 0. The highest BCUT2D eigenvalue weighted by Crippen LogP contribution is 2.16. The minimum atomic E-state index is -2.57. The van der Waals surface area contributed by atoms with Crippen molar-refractivity contribution in [1.29, 1.82) is 0 Å². The van der Waals surface area contributed by atoms with Crippen molar-refractivity contribution in [3.8, 4) is 0 Å². The fourth-order valence-electron chi connectivity index (χ4n) is 1.54. The number of aryl methyl sites for hydroxylation is 1. The van der Waals surface area contributed by atoms with Gasteiger partial charge < -0.3 is 13.3 Å². The van der Waals surface area contributed by atoms with Gasteiger partial charge in [-0.1, -0.05) is 0 Å². The Morgan fingerprint density at radius 3 is 2.06 bits per heavy atom. The summed E-state index contributed by atoms with van der Waals surface area (Å²) in [6.07, 6.45) is 1.57. The maximum absolute atomic E-state index is 5.72. The minimum Gasteiger partial charge on any atom is -0.374 e. The second-order valence-electron chi connectivity index (χ2n) is 3.30. The molecular weight excluding hydrogens is 240 g/mol. The van der Waals surface area contributed by atoms with Crippen LogP contribution in [0, 0.1) is 0 Å². The van der Waals surface area contributed by atoms with Crippen molar-refractivity contribution < 1.29 is 13.3 Å². The van der Waals surface area contributed by atoms with Crippen LogP contribution in [0.25, 0.3) is 0 Å². The van der Waals surface area contributed by atoms with Crippen LogP contribution < -0.4 is 0 Å². The van der Waals surface area contributed by atoms with Gasteiger partial charge in [0, 0.05) is 32.4 Å². The topological polar surface area (TPSA) is 71.3 Å². The van der Waals surface area contributed by atoms with Crippen molar-refractivity contribution in [2.24, 2.45) is 0 Å². The standard InChI is InChI=1S/C9H20N4O3Si/c1-4-14-17(15-5-2,16-6-3)8-7-13-9-10-11-12-13/h9H,4-8H2,1-3H3. The third kappa shape index (κ3) is 4.50. The van der Waals surface area contributed by atoms with E-state index in [1.165, 1.54) is 0 Å². The zero-order valence-electron chi connectivity index (χ0n) is 10.6. The number of hydrogen-bond acceptors (Lipinski definition) is 6. The molecule has 0 aromatic carbocycles. The Hall–Kier alpha value is -0.833. The number of hydrogen-bond donors (Lipinski definition) is 0. The van der Waals surface area contributed by atoms with E-state index in [0.29, 0.717) is 32.4 Å². The van der Waals surface area contributed by atoms with Crippen molar-refractivity contribution >= 4 is 8.80 Å². The van der Waals surface area contributed by atoms with E-state index in [9.17, 15) is 0 Å². The maximum atomic E-state index is 5.72. The Labute approximate surface area is 102 Å². The highest BCUT2D eigenvalue weighted by atomic mass is 28.4. The van der Waals surface area contributed by atoms with Crippen LogP contribution in [-0.4, -0.2) is 48.8 Å². The van der Waals surface area contributed by atoms with Gasteiger partial charge in [-0.2, -0.15) is 0 Å². The van der Waals surface area contributed by atoms with Gasteiger partial charge in [0.15, 0.2) is 0 Å². The molecule has 1 rings (SSSR count). The Morgan fingerprint density at radius 2 is 1.65 bits per heavy atom. The maximum Gasteiger partial charge on any atom is 0.502 e.